The smallest absolute Gasteiger partial charge is 0.192 e. The van der Waals surface area contributed by atoms with Crippen molar-refractivity contribution in [1.29, 1.82) is 0 Å². The lowest BCUT2D eigenvalue weighted by Gasteiger charge is -2.27. The highest BCUT2D eigenvalue weighted by Gasteiger charge is 2.12. The zero-order chi connectivity index (χ0) is 15.6. The van der Waals surface area contributed by atoms with Crippen molar-refractivity contribution in [3.8, 4) is 12.3 Å². The quantitative estimate of drug-likeness (QED) is 0.323. The number of hydrogen-bond donors (Lipinski definition) is 2. The van der Waals surface area contributed by atoms with E-state index in [2.05, 4.69) is 50.7 Å². The first-order valence-electron chi connectivity index (χ1n) is 7.58. The molecule has 1 aliphatic rings. The second kappa shape index (κ2) is 11.3. The van der Waals surface area contributed by atoms with Crippen LogP contribution in [0.5, 0.6) is 0 Å². The standard InChI is InChI=1S/C17H24N4O.HI/c1-3-8-19-17(18-2)20-13-15-6-4-5-7-16(15)14-21-9-11-22-12-10-21;/h1,4-7H,8-14H2,2H3,(H2,18,19,20);1H. The van der Waals surface area contributed by atoms with Crippen molar-refractivity contribution in [2.45, 2.75) is 13.1 Å². The van der Waals surface area contributed by atoms with Crippen molar-refractivity contribution in [2.24, 2.45) is 4.99 Å². The molecule has 0 aliphatic carbocycles. The van der Waals surface area contributed by atoms with Crippen LogP contribution in [-0.2, 0) is 17.8 Å². The molecule has 0 aromatic heterocycles. The fourth-order valence-corrected chi connectivity index (χ4v) is 2.42. The van der Waals surface area contributed by atoms with Gasteiger partial charge < -0.3 is 15.4 Å². The number of rotatable bonds is 5. The van der Waals surface area contributed by atoms with Gasteiger partial charge in [-0.3, -0.25) is 9.89 Å². The van der Waals surface area contributed by atoms with Crippen LogP contribution in [0.4, 0.5) is 0 Å². The van der Waals surface area contributed by atoms with Gasteiger partial charge in [0.1, 0.15) is 0 Å². The first-order valence-corrected chi connectivity index (χ1v) is 7.58. The number of aliphatic imine (C=N–C) groups is 1. The summed E-state index contributed by atoms with van der Waals surface area (Å²) in [7, 11) is 1.74. The van der Waals surface area contributed by atoms with E-state index in [1.807, 2.05) is 0 Å². The van der Waals surface area contributed by atoms with Crippen molar-refractivity contribution >= 4 is 29.9 Å². The van der Waals surface area contributed by atoms with Gasteiger partial charge in [-0.2, -0.15) is 0 Å². The van der Waals surface area contributed by atoms with Crippen LogP contribution in [-0.4, -0.2) is 50.8 Å². The van der Waals surface area contributed by atoms with E-state index in [4.69, 9.17) is 11.2 Å². The SMILES string of the molecule is C#CCNC(=NC)NCc1ccccc1CN1CCOCC1.I. The first-order chi connectivity index (χ1) is 10.8. The zero-order valence-electron chi connectivity index (χ0n) is 13.5. The molecule has 1 saturated heterocycles. The maximum atomic E-state index is 5.40. The monoisotopic (exact) mass is 428 g/mol. The number of ether oxygens (including phenoxy) is 1. The summed E-state index contributed by atoms with van der Waals surface area (Å²) < 4.78 is 5.40. The van der Waals surface area contributed by atoms with Gasteiger partial charge in [0.05, 0.1) is 19.8 Å². The molecule has 0 saturated carbocycles. The number of benzene rings is 1. The summed E-state index contributed by atoms with van der Waals surface area (Å²) >= 11 is 0. The lowest BCUT2D eigenvalue weighted by molar-refractivity contribution is 0.0341. The molecule has 0 spiro atoms. The molecule has 2 N–H and O–H groups in total. The van der Waals surface area contributed by atoms with E-state index in [0.29, 0.717) is 6.54 Å². The largest absolute Gasteiger partial charge is 0.379 e. The number of guanidine groups is 1. The number of hydrogen-bond acceptors (Lipinski definition) is 3. The van der Waals surface area contributed by atoms with E-state index in [-0.39, 0.29) is 24.0 Å². The van der Waals surface area contributed by atoms with Gasteiger partial charge in [-0.05, 0) is 11.1 Å². The Bertz CT molecular complexity index is 536. The fourth-order valence-electron chi connectivity index (χ4n) is 2.42. The Morgan fingerprint density at radius 2 is 1.96 bits per heavy atom. The third kappa shape index (κ3) is 6.77. The minimum absolute atomic E-state index is 0. The topological polar surface area (TPSA) is 48.9 Å². The molecule has 1 aromatic carbocycles. The lowest BCUT2D eigenvalue weighted by Crippen LogP contribution is -2.38. The van der Waals surface area contributed by atoms with Gasteiger partial charge in [0.25, 0.3) is 0 Å². The summed E-state index contributed by atoms with van der Waals surface area (Å²) in [5.74, 6) is 3.27. The summed E-state index contributed by atoms with van der Waals surface area (Å²) in [6.07, 6.45) is 5.26. The van der Waals surface area contributed by atoms with Crippen LogP contribution in [0.2, 0.25) is 0 Å². The summed E-state index contributed by atoms with van der Waals surface area (Å²) in [6, 6.07) is 8.49. The second-order valence-electron chi connectivity index (χ2n) is 5.14. The molecule has 0 atom stereocenters. The van der Waals surface area contributed by atoms with Crippen LogP contribution in [0.25, 0.3) is 0 Å². The van der Waals surface area contributed by atoms with E-state index in [1.54, 1.807) is 7.05 Å². The maximum absolute atomic E-state index is 5.40. The van der Waals surface area contributed by atoms with E-state index < -0.39 is 0 Å². The minimum Gasteiger partial charge on any atom is -0.379 e. The highest BCUT2D eigenvalue weighted by molar-refractivity contribution is 14.0. The van der Waals surface area contributed by atoms with Crippen molar-refractivity contribution in [2.75, 3.05) is 39.9 Å². The van der Waals surface area contributed by atoms with Crippen LogP contribution in [0.1, 0.15) is 11.1 Å². The first kappa shape index (κ1) is 19.7. The number of nitrogens with zero attached hydrogens (tertiary/aromatic N) is 2. The minimum atomic E-state index is 0. The Labute approximate surface area is 155 Å². The van der Waals surface area contributed by atoms with Crippen molar-refractivity contribution < 1.29 is 4.74 Å². The summed E-state index contributed by atoms with van der Waals surface area (Å²) in [4.78, 5) is 6.58. The zero-order valence-corrected chi connectivity index (χ0v) is 15.9. The Morgan fingerprint density at radius 1 is 1.26 bits per heavy atom. The molecule has 23 heavy (non-hydrogen) atoms. The van der Waals surface area contributed by atoms with Gasteiger partial charge in [0.15, 0.2) is 5.96 Å². The molecule has 6 heteroatoms. The molecule has 2 rings (SSSR count). The fraction of sp³-hybridized carbons (Fsp3) is 0.471. The Hall–Kier alpha value is -1.30. The van der Waals surface area contributed by atoms with Crippen LogP contribution in [0.3, 0.4) is 0 Å². The molecule has 0 radical (unpaired) electrons. The predicted octanol–water partition coefficient (Wildman–Crippen LogP) is 1.43. The molecular weight excluding hydrogens is 403 g/mol. The van der Waals surface area contributed by atoms with Gasteiger partial charge in [0.2, 0.25) is 0 Å². The molecule has 0 amide bonds. The Morgan fingerprint density at radius 3 is 2.61 bits per heavy atom. The molecule has 0 bridgehead atoms. The Kier molecular flexibility index (Phi) is 9.67. The number of morpholine rings is 1. The molecule has 1 aromatic rings. The summed E-state index contributed by atoms with van der Waals surface area (Å²) in [5.41, 5.74) is 2.61. The highest BCUT2D eigenvalue weighted by atomic mass is 127. The summed E-state index contributed by atoms with van der Waals surface area (Å²) in [5, 5.41) is 6.36. The third-order valence-corrected chi connectivity index (χ3v) is 3.64. The average molecular weight is 428 g/mol. The molecule has 0 unspecified atom stereocenters. The highest BCUT2D eigenvalue weighted by Crippen LogP contribution is 2.12. The van der Waals surface area contributed by atoms with Crippen molar-refractivity contribution in [1.82, 2.24) is 15.5 Å². The maximum Gasteiger partial charge on any atom is 0.192 e. The molecule has 1 heterocycles. The van der Waals surface area contributed by atoms with Crippen LogP contribution < -0.4 is 10.6 Å². The molecule has 5 nitrogen and oxygen atoms in total. The number of halogens is 1. The normalized spacial score (nSPS) is 15.4. The van der Waals surface area contributed by atoms with Crippen LogP contribution in [0, 0.1) is 12.3 Å². The Balaban J connectivity index is 0.00000264. The predicted molar refractivity (Wildman–Crippen MR) is 105 cm³/mol. The van der Waals surface area contributed by atoms with Gasteiger partial charge in [-0.1, -0.05) is 30.2 Å². The van der Waals surface area contributed by atoms with E-state index >= 15 is 0 Å². The summed E-state index contributed by atoms with van der Waals surface area (Å²) in [6.45, 7) is 5.78. The van der Waals surface area contributed by atoms with Crippen molar-refractivity contribution in [3.05, 3.63) is 35.4 Å². The van der Waals surface area contributed by atoms with Crippen LogP contribution >= 0.6 is 24.0 Å². The van der Waals surface area contributed by atoms with E-state index in [0.717, 1.165) is 45.4 Å². The second-order valence-corrected chi connectivity index (χ2v) is 5.14. The molecule has 1 aliphatic heterocycles. The van der Waals surface area contributed by atoms with Gasteiger partial charge in [-0.15, -0.1) is 30.4 Å². The van der Waals surface area contributed by atoms with Crippen LogP contribution in [0.15, 0.2) is 29.3 Å². The molecular formula is C17H25IN4O. The number of terminal acetylenes is 1. The molecule has 126 valence electrons. The number of nitrogens with one attached hydrogen (secondary N) is 2. The lowest BCUT2D eigenvalue weighted by atomic mass is 10.1. The molecule has 1 fully saturated rings. The average Bonchev–Trinajstić information content (AvgIpc) is 2.57. The third-order valence-electron chi connectivity index (χ3n) is 3.64. The van der Waals surface area contributed by atoms with Gasteiger partial charge in [-0.25, -0.2) is 0 Å². The van der Waals surface area contributed by atoms with Gasteiger partial charge >= 0.3 is 0 Å². The van der Waals surface area contributed by atoms with Crippen molar-refractivity contribution in [3.63, 3.8) is 0 Å². The van der Waals surface area contributed by atoms with E-state index in [1.165, 1.54) is 11.1 Å². The van der Waals surface area contributed by atoms with Gasteiger partial charge in [0, 0.05) is 33.2 Å². The van der Waals surface area contributed by atoms with E-state index in [9.17, 15) is 0 Å².